The molecule has 0 aromatic heterocycles. The predicted molar refractivity (Wildman–Crippen MR) is 97.9 cm³/mol. The number of rotatable bonds is 6. The van der Waals surface area contributed by atoms with E-state index in [1.165, 1.54) is 6.42 Å². The van der Waals surface area contributed by atoms with Crippen LogP contribution in [0, 0.1) is 0 Å². The van der Waals surface area contributed by atoms with Gasteiger partial charge in [-0.05, 0) is 39.1 Å². The largest absolute Gasteiger partial charge is 0.493 e. The Bertz CT molecular complexity index is 578. The van der Waals surface area contributed by atoms with Crippen molar-refractivity contribution in [3.8, 4) is 17.2 Å². The quantitative estimate of drug-likeness (QED) is 0.789. The average Bonchev–Trinajstić information content (AvgIpc) is 2.65. The normalized spacial score (nSPS) is 20.3. The third-order valence-corrected chi connectivity index (χ3v) is 5.09. The number of carbonyl (C=O) groups excluding carboxylic acids is 1. The molecule has 6 heteroatoms. The summed E-state index contributed by atoms with van der Waals surface area (Å²) in [6.45, 7) is 0. The van der Waals surface area contributed by atoms with Crippen LogP contribution in [0.2, 0.25) is 0 Å². The molecule has 1 amide bonds. The molecule has 25 heavy (non-hydrogen) atoms. The molecule has 2 rings (SSSR count). The first kappa shape index (κ1) is 19.4. The minimum atomic E-state index is -0.0296. The number of likely N-dealkylation sites (N-methyl/N-ethyl adjacent to an activating group) is 2. The van der Waals surface area contributed by atoms with E-state index in [4.69, 9.17) is 14.2 Å². The second kappa shape index (κ2) is 8.43. The van der Waals surface area contributed by atoms with Gasteiger partial charge in [-0.3, -0.25) is 4.79 Å². The highest BCUT2D eigenvalue weighted by atomic mass is 16.5. The van der Waals surface area contributed by atoms with E-state index in [0.29, 0.717) is 28.9 Å². The van der Waals surface area contributed by atoms with Crippen LogP contribution in [0.3, 0.4) is 0 Å². The molecule has 1 aromatic carbocycles. The van der Waals surface area contributed by atoms with Gasteiger partial charge in [0.2, 0.25) is 5.75 Å². The van der Waals surface area contributed by atoms with Crippen LogP contribution in [-0.4, -0.2) is 70.3 Å². The van der Waals surface area contributed by atoms with Crippen LogP contribution in [0.5, 0.6) is 17.2 Å². The first-order valence-corrected chi connectivity index (χ1v) is 8.68. The Balaban J connectivity index is 2.32. The summed E-state index contributed by atoms with van der Waals surface area (Å²) in [5, 5.41) is 0. The zero-order valence-corrected chi connectivity index (χ0v) is 16.2. The number of hydrogen-bond acceptors (Lipinski definition) is 5. The smallest absolute Gasteiger partial charge is 0.254 e. The SMILES string of the molecule is COc1cc(C(=O)N(C)C2CCCCC2N(C)C)cc(OC)c1OC. The van der Waals surface area contributed by atoms with E-state index in [0.717, 1.165) is 19.3 Å². The summed E-state index contributed by atoms with van der Waals surface area (Å²) in [7, 11) is 10.7. The molecule has 2 unspecified atom stereocenters. The van der Waals surface area contributed by atoms with Crippen molar-refractivity contribution in [1.29, 1.82) is 0 Å². The third-order valence-electron chi connectivity index (χ3n) is 5.09. The molecule has 1 fully saturated rings. The second-order valence-corrected chi connectivity index (χ2v) is 6.71. The number of benzene rings is 1. The van der Waals surface area contributed by atoms with Gasteiger partial charge in [0.05, 0.1) is 21.3 Å². The Kier molecular flexibility index (Phi) is 6.53. The zero-order valence-electron chi connectivity index (χ0n) is 16.2. The lowest BCUT2D eigenvalue weighted by Crippen LogP contribution is -2.51. The van der Waals surface area contributed by atoms with Gasteiger partial charge in [0, 0.05) is 24.7 Å². The standard InChI is InChI=1S/C19H30N2O4/c1-20(2)14-9-7-8-10-15(14)21(3)19(22)13-11-16(23-4)18(25-6)17(12-13)24-5/h11-12,14-15H,7-10H2,1-6H3. The van der Waals surface area contributed by atoms with Crippen molar-refractivity contribution in [1.82, 2.24) is 9.80 Å². The first-order chi connectivity index (χ1) is 11.9. The van der Waals surface area contributed by atoms with Gasteiger partial charge in [-0.25, -0.2) is 0 Å². The zero-order chi connectivity index (χ0) is 18.6. The number of hydrogen-bond donors (Lipinski definition) is 0. The minimum absolute atomic E-state index is 0.0296. The fourth-order valence-electron chi connectivity index (χ4n) is 3.70. The summed E-state index contributed by atoms with van der Waals surface area (Å²) in [6.07, 6.45) is 4.51. The van der Waals surface area contributed by atoms with Gasteiger partial charge in [0.25, 0.3) is 5.91 Å². The van der Waals surface area contributed by atoms with Crippen LogP contribution < -0.4 is 14.2 Å². The molecule has 1 aliphatic rings. The summed E-state index contributed by atoms with van der Waals surface area (Å²) < 4.78 is 16.1. The minimum Gasteiger partial charge on any atom is -0.493 e. The molecule has 140 valence electrons. The van der Waals surface area contributed by atoms with Gasteiger partial charge in [0.15, 0.2) is 11.5 Å². The summed E-state index contributed by atoms with van der Waals surface area (Å²) in [6, 6.07) is 4.02. The summed E-state index contributed by atoms with van der Waals surface area (Å²) in [4.78, 5) is 17.2. The van der Waals surface area contributed by atoms with E-state index in [2.05, 4.69) is 19.0 Å². The summed E-state index contributed by atoms with van der Waals surface area (Å²) in [5.74, 6) is 1.45. The molecule has 2 atom stereocenters. The Morgan fingerprint density at radius 2 is 1.44 bits per heavy atom. The topological polar surface area (TPSA) is 51.2 Å². The molecule has 0 N–H and O–H groups in total. The highest BCUT2D eigenvalue weighted by molar-refractivity contribution is 5.95. The van der Waals surface area contributed by atoms with E-state index in [1.54, 1.807) is 33.5 Å². The van der Waals surface area contributed by atoms with Crippen molar-refractivity contribution >= 4 is 5.91 Å². The molecule has 1 aliphatic carbocycles. The van der Waals surface area contributed by atoms with Crippen molar-refractivity contribution in [3.05, 3.63) is 17.7 Å². The van der Waals surface area contributed by atoms with Crippen LogP contribution >= 0.6 is 0 Å². The Morgan fingerprint density at radius 1 is 0.920 bits per heavy atom. The maximum Gasteiger partial charge on any atom is 0.254 e. The predicted octanol–water partition coefficient (Wildman–Crippen LogP) is 2.66. The van der Waals surface area contributed by atoms with Gasteiger partial charge in [-0.1, -0.05) is 12.8 Å². The lowest BCUT2D eigenvalue weighted by atomic mass is 9.88. The van der Waals surface area contributed by atoms with Gasteiger partial charge < -0.3 is 24.0 Å². The Hall–Kier alpha value is -1.95. The lowest BCUT2D eigenvalue weighted by molar-refractivity contribution is 0.0544. The fraction of sp³-hybridized carbons (Fsp3) is 0.632. The highest BCUT2D eigenvalue weighted by Gasteiger charge is 2.33. The average molecular weight is 350 g/mol. The molecule has 6 nitrogen and oxygen atoms in total. The number of amides is 1. The molecule has 0 spiro atoms. The Labute approximate surface area is 150 Å². The maximum absolute atomic E-state index is 13.1. The van der Waals surface area contributed by atoms with Crippen molar-refractivity contribution in [2.24, 2.45) is 0 Å². The van der Waals surface area contributed by atoms with Gasteiger partial charge in [0.1, 0.15) is 0 Å². The molecule has 0 aliphatic heterocycles. The van der Waals surface area contributed by atoms with Crippen LogP contribution in [-0.2, 0) is 0 Å². The van der Waals surface area contributed by atoms with E-state index < -0.39 is 0 Å². The second-order valence-electron chi connectivity index (χ2n) is 6.71. The lowest BCUT2D eigenvalue weighted by Gasteiger charge is -2.41. The van der Waals surface area contributed by atoms with E-state index in [9.17, 15) is 4.79 Å². The Morgan fingerprint density at radius 3 is 1.88 bits per heavy atom. The van der Waals surface area contributed by atoms with Gasteiger partial charge >= 0.3 is 0 Å². The third kappa shape index (κ3) is 4.00. The number of ether oxygens (including phenoxy) is 3. The molecule has 0 radical (unpaired) electrons. The highest BCUT2D eigenvalue weighted by Crippen LogP contribution is 2.38. The van der Waals surface area contributed by atoms with E-state index in [1.807, 2.05) is 11.9 Å². The molecule has 0 saturated heterocycles. The van der Waals surface area contributed by atoms with Crippen LogP contribution in [0.15, 0.2) is 12.1 Å². The molecule has 0 bridgehead atoms. The number of nitrogens with zero attached hydrogens (tertiary/aromatic N) is 2. The van der Waals surface area contributed by atoms with E-state index >= 15 is 0 Å². The van der Waals surface area contributed by atoms with Crippen LogP contribution in [0.1, 0.15) is 36.0 Å². The molecule has 1 aromatic rings. The van der Waals surface area contributed by atoms with Crippen LogP contribution in [0.25, 0.3) is 0 Å². The molecular weight excluding hydrogens is 320 g/mol. The fourth-order valence-corrected chi connectivity index (χ4v) is 3.70. The van der Waals surface area contributed by atoms with Gasteiger partial charge in [-0.2, -0.15) is 0 Å². The number of carbonyl (C=O) groups is 1. The van der Waals surface area contributed by atoms with Crippen LogP contribution in [0.4, 0.5) is 0 Å². The van der Waals surface area contributed by atoms with Crippen molar-refractivity contribution in [2.75, 3.05) is 42.5 Å². The summed E-state index contributed by atoms with van der Waals surface area (Å²) in [5.41, 5.74) is 0.542. The van der Waals surface area contributed by atoms with Crippen molar-refractivity contribution < 1.29 is 19.0 Å². The number of methoxy groups -OCH3 is 3. The van der Waals surface area contributed by atoms with Crippen molar-refractivity contribution in [2.45, 2.75) is 37.8 Å². The van der Waals surface area contributed by atoms with E-state index in [-0.39, 0.29) is 11.9 Å². The monoisotopic (exact) mass is 350 g/mol. The molecule has 0 heterocycles. The van der Waals surface area contributed by atoms with Gasteiger partial charge in [-0.15, -0.1) is 0 Å². The van der Waals surface area contributed by atoms with Crippen molar-refractivity contribution in [3.63, 3.8) is 0 Å². The first-order valence-electron chi connectivity index (χ1n) is 8.68. The maximum atomic E-state index is 13.1. The molecule has 1 saturated carbocycles. The summed E-state index contributed by atoms with van der Waals surface area (Å²) >= 11 is 0. The molecular formula is C19H30N2O4.